The second-order valence-electron chi connectivity index (χ2n) is 8.87. The molecule has 0 N–H and O–H groups in total. The van der Waals surface area contributed by atoms with Crippen molar-refractivity contribution in [2.24, 2.45) is 5.41 Å². The predicted molar refractivity (Wildman–Crippen MR) is 145 cm³/mol. The highest BCUT2D eigenvalue weighted by Gasteiger charge is 2.46. The fourth-order valence-electron chi connectivity index (χ4n) is 4.39. The van der Waals surface area contributed by atoms with Crippen LogP contribution in [0.4, 0.5) is 0 Å². The first-order valence-electron chi connectivity index (χ1n) is 11.9. The first-order chi connectivity index (χ1) is 18.1. The fourth-order valence-corrected chi connectivity index (χ4v) is 5.24. The molecule has 0 bridgehead atoms. The number of piperidine rings is 1. The van der Waals surface area contributed by atoms with E-state index in [0.717, 1.165) is 6.26 Å². The minimum Gasteiger partial charge on any atom is -0.493 e. The van der Waals surface area contributed by atoms with Crippen LogP contribution in [0.5, 0.6) is 23.0 Å². The van der Waals surface area contributed by atoms with Crippen molar-refractivity contribution in [1.82, 2.24) is 4.31 Å². The van der Waals surface area contributed by atoms with Crippen molar-refractivity contribution in [3.05, 3.63) is 59.7 Å². The van der Waals surface area contributed by atoms with E-state index in [4.69, 9.17) is 18.9 Å². The van der Waals surface area contributed by atoms with Crippen LogP contribution in [-0.2, 0) is 19.6 Å². The van der Waals surface area contributed by atoms with Gasteiger partial charge in [0.25, 0.3) is 0 Å². The van der Waals surface area contributed by atoms with E-state index in [-0.39, 0.29) is 37.5 Å². The Kier molecular flexibility index (Phi) is 9.35. The molecule has 2 aromatic carbocycles. The maximum absolute atomic E-state index is 13.6. The first-order valence-corrected chi connectivity index (χ1v) is 13.8. The molecule has 9 nitrogen and oxygen atoms in total. The van der Waals surface area contributed by atoms with Crippen LogP contribution < -0.4 is 18.9 Å². The second kappa shape index (κ2) is 12.3. The van der Waals surface area contributed by atoms with Crippen LogP contribution in [0.15, 0.2) is 48.6 Å². The van der Waals surface area contributed by atoms with E-state index < -0.39 is 15.4 Å². The van der Waals surface area contributed by atoms with Crippen LogP contribution in [0.3, 0.4) is 0 Å². The summed E-state index contributed by atoms with van der Waals surface area (Å²) >= 11 is 0. The largest absolute Gasteiger partial charge is 0.493 e. The van der Waals surface area contributed by atoms with Crippen LogP contribution in [-0.4, -0.2) is 72.1 Å². The number of nitrogens with zero attached hydrogens (tertiary/aromatic N) is 1. The Morgan fingerprint density at radius 1 is 0.737 bits per heavy atom. The summed E-state index contributed by atoms with van der Waals surface area (Å²) in [6.07, 6.45) is 7.24. The third kappa shape index (κ3) is 6.43. The molecule has 1 aliphatic heterocycles. The Hall–Kier alpha value is -3.63. The highest BCUT2D eigenvalue weighted by atomic mass is 32.2. The van der Waals surface area contributed by atoms with Gasteiger partial charge >= 0.3 is 0 Å². The third-order valence-corrected chi connectivity index (χ3v) is 7.96. The van der Waals surface area contributed by atoms with E-state index >= 15 is 0 Å². The van der Waals surface area contributed by atoms with Gasteiger partial charge in [0.15, 0.2) is 34.6 Å². The molecule has 1 saturated heterocycles. The van der Waals surface area contributed by atoms with Gasteiger partial charge in [-0.2, -0.15) is 0 Å². The molecule has 0 radical (unpaired) electrons. The average Bonchev–Trinajstić information content (AvgIpc) is 2.93. The molecule has 0 amide bonds. The minimum absolute atomic E-state index is 0.0737. The van der Waals surface area contributed by atoms with E-state index in [1.165, 1.54) is 44.9 Å². The molecular formula is C28H33NO8S. The van der Waals surface area contributed by atoms with Crippen molar-refractivity contribution in [2.45, 2.75) is 12.8 Å². The molecule has 2 aromatic rings. The van der Waals surface area contributed by atoms with Gasteiger partial charge in [-0.3, -0.25) is 9.59 Å². The average molecular weight is 544 g/mol. The summed E-state index contributed by atoms with van der Waals surface area (Å²) < 4.78 is 46.6. The number of hydrogen-bond acceptors (Lipinski definition) is 8. The van der Waals surface area contributed by atoms with Crippen LogP contribution in [0, 0.1) is 5.41 Å². The van der Waals surface area contributed by atoms with Crippen molar-refractivity contribution in [3.63, 3.8) is 0 Å². The summed E-state index contributed by atoms with van der Waals surface area (Å²) in [4.78, 5) is 27.1. The van der Waals surface area contributed by atoms with Crippen LogP contribution >= 0.6 is 0 Å². The number of carbonyl (C=O) groups excluding carboxylic acids is 2. The Balaban J connectivity index is 1.91. The van der Waals surface area contributed by atoms with Gasteiger partial charge in [0.2, 0.25) is 10.0 Å². The summed E-state index contributed by atoms with van der Waals surface area (Å²) in [5.41, 5.74) is -0.0116. The number of allylic oxidation sites excluding steroid dienone is 2. The molecular weight excluding hydrogens is 510 g/mol. The number of carbonyl (C=O) groups is 2. The van der Waals surface area contributed by atoms with Crippen molar-refractivity contribution in [1.29, 1.82) is 0 Å². The van der Waals surface area contributed by atoms with Crippen LogP contribution in [0.25, 0.3) is 12.2 Å². The molecule has 0 aliphatic carbocycles. The zero-order chi connectivity index (χ0) is 27.9. The van der Waals surface area contributed by atoms with Crippen molar-refractivity contribution < 1.29 is 37.0 Å². The highest BCUT2D eigenvalue weighted by Crippen LogP contribution is 2.37. The van der Waals surface area contributed by atoms with Gasteiger partial charge in [-0.25, -0.2) is 12.7 Å². The van der Waals surface area contributed by atoms with Gasteiger partial charge in [-0.05, 0) is 60.4 Å². The standard InChI is InChI=1S/C28H33NO8S/c1-34-22-10-6-20(18-24(22)36-3)8-12-26(30)28(14-16-29(17-15-28)38(5,32)33)27(31)13-9-21-7-11-23(35-2)25(19-21)37-4/h6-13,18-19H,14-17H2,1-5H3/b12-8+,13-9+. The number of sulfonamides is 1. The van der Waals surface area contributed by atoms with E-state index in [1.54, 1.807) is 48.6 Å². The summed E-state index contributed by atoms with van der Waals surface area (Å²) in [6, 6.07) is 10.4. The summed E-state index contributed by atoms with van der Waals surface area (Å²) in [5, 5.41) is 0. The summed E-state index contributed by atoms with van der Waals surface area (Å²) in [5.74, 6) is 1.34. The van der Waals surface area contributed by atoms with Gasteiger partial charge in [0.05, 0.1) is 40.1 Å². The van der Waals surface area contributed by atoms with Crippen LogP contribution in [0.1, 0.15) is 24.0 Å². The van der Waals surface area contributed by atoms with Crippen LogP contribution in [0.2, 0.25) is 0 Å². The lowest BCUT2D eigenvalue weighted by atomic mass is 9.71. The Labute approximate surface area is 223 Å². The first kappa shape index (κ1) is 28.9. The highest BCUT2D eigenvalue weighted by molar-refractivity contribution is 7.88. The maximum atomic E-state index is 13.6. The van der Waals surface area contributed by atoms with Gasteiger partial charge in [0.1, 0.15) is 0 Å². The lowest BCUT2D eigenvalue weighted by Gasteiger charge is -2.37. The fraction of sp³-hybridized carbons (Fsp3) is 0.357. The zero-order valence-corrected chi connectivity index (χ0v) is 23.0. The number of rotatable bonds is 11. The molecule has 0 unspecified atom stereocenters. The SMILES string of the molecule is COc1ccc(/C=C/C(=O)C2(C(=O)/C=C/c3ccc(OC)c(OC)c3)CCN(S(C)(=O)=O)CC2)cc1OC. The van der Waals surface area contributed by atoms with E-state index in [2.05, 4.69) is 0 Å². The quantitative estimate of drug-likeness (QED) is 0.312. The zero-order valence-electron chi connectivity index (χ0n) is 22.2. The van der Waals surface area contributed by atoms with Crippen molar-refractivity contribution >= 4 is 33.7 Å². The molecule has 1 aliphatic rings. The Bertz CT molecular complexity index is 1260. The molecule has 1 fully saturated rings. The Morgan fingerprint density at radius 2 is 1.13 bits per heavy atom. The number of ether oxygens (including phenoxy) is 4. The number of methoxy groups -OCH3 is 4. The lowest BCUT2D eigenvalue weighted by molar-refractivity contribution is -0.137. The van der Waals surface area contributed by atoms with Gasteiger partial charge in [-0.1, -0.05) is 24.3 Å². The van der Waals surface area contributed by atoms with E-state index in [9.17, 15) is 18.0 Å². The van der Waals surface area contributed by atoms with Crippen molar-refractivity contribution in [2.75, 3.05) is 47.8 Å². The van der Waals surface area contributed by atoms with Gasteiger partial charge in [-0.15, -0.1) is 0 Å². The molecule has 204 valence electrons. The molecule has 0 aromatic heterocycles. The van der Waals surface area contributed by atoms with E-state index in [1.807, 2.05) is 0 Å². The topological polar surface area (TPSA) is 108 Å². The maximum Gasteiger partial charge on any atom is 0.211 e. The molecule has 1 heterocycles. The number of ketones is 2. The second-order valence-corrected chi connectivity index (χ2v) is 10.9. The Morgan fingerprint density at radius 3 is 1.47 bits per heavy atom. The van der Waals surface area contributed by atoms with Gasteiger partial charge < -0.3 is 18.9 Å². The molecule has 38 heavy (non-hydrogen) atoms. The molecule has 3 rings (SSSR count). The normalized spacial score (nSPS) is 15.9. The summed E-state index contributed by atoms with van der Waals surface area (Å²) in [7, 11) is 2.66. The molecule has 0 atom stereocenters. The third-order valence-electron chi connectivity index (χ3n) is 6.66. The predicted octanol–water partition coefficient (Wildman–Crippen LogP) is 3.63. The molecule has 0 saturated carbocycles. The number of benzene rings is 2. The molecule has 0 spiro atoms. The molecule has 10 heteroatoms. The van der Waals surface area contributed by atoms with Crippen molar-refractivity contribution in [3.8, 4) is 23.0 Å². The number of hydrogen-bond donors (Lipinski definition) is 0. The van der Waals surface area contributed by atoms with E-state index in [0.29, 0.717) is 34.1 Å². The minimum atomic E-state index is -3.44. The monoisotopic (exact) mass is 543 g/mol. The summed E-state index contributed by atoms with van der Waals surface area (Å²) in [6.45, 7) is 0.148. The lowest BCUT2D eigenvalue weighted by Crippen LogP contribution is -2.49. The van der Waals surface area contributed by atoms with Gasteiger partial charge in [0, 0.05) is 13.1 Å². The smallest absolute Gasteiger partial charge is 0.211 e.